The Hall–Kier alpha value is -5.04. The van der Waals surface area contributed by atoms with Crippen molar-refractivity contribution in [1.82, 2.24) is 4.98 Å². The lowest BCUT2D eigenvalue weighted by atomic mass is 9.64. The molecular weight excluding hydrogens is 514 g/mol. The second kappa shape index (κ2) is 9.27. The molecule has 0 bridgehead atoms. The first-order valence-corrected chi connectivity index (χ1v) is 13.6. The third-order valence-corrected chi connectivity index (χ3v) is 8.71. The molecule has 0 aliphatic carbocycles. The zero-order chi connectivity index (χ0) is 28.3. The van der Waals surface area contributed by atoms with Gasteiger partial charge in [-0.15, -0.1) is 0 Å². The molecule has 1 saturated heterocycles. The maximum absolute atomic E-state index is 14.7. The van der Waals surface area contributed by atoms with Crippen molar-refractivity contribution in [1.29, 1.82) is 0 Å². The van der Waals surface area contributed by atoms with Crippen LogP contribution in [0.1, 0.15) is 38.9 Å². The van der Waals surface area contributed by atoms with Crippen molar-refractivity contribution in [3.63, 3.8) is 0 Å². The van der Waals surface area contributed by atoms with Crippen molar-refractivity contribution >= 4 is 34.4 Å². The number of allylic oxidation sites excluding steroid dienone is 1. The molecule has 7 rings (SSSR count). The van der Waals surface area contributed by atoms with Crippen LogP contribution >= 0.6 is 0 Å². The average Bonchev–Trinajstić information content (AvgIpc) is 3.49. The van der Waals surface area contributed by atoms with E-state index in [4.69, 9.17) is 4.74 Å². The largest absolute Gasteiger partial charge is 0.497 e. The van der Waals surface area contributed by atoms with E-state index in [9.17, 15) is 14.4 Å². The van der Waals surface area contributed by atoms with Gasteiger partial charge in [0.15, 0.2) is 11.6 Å². The number of aromatic nitrogens is 1. The average molecular weight is 542 g/mol. The molecule has 3 aliphatic rings. The highest BCUT2D eigenvalue weighted by atomic mass is 16.5. The highest BCUT2D eigenvalue weighted by Crippen LogP contribution is 2.58. The van der Waals surface area contributed by atoms with Crippen LogP contribution in [0.2, 0.25) is 0 Å². The maximum Gasteiger partial charge on any atom is 0.238 e. The molecule has 0 saturated carbocycles. The van der Waals surface area contributed by atoms with Crippen molar-refractivity contribution in [2.24, 2.45) is 5.92 Å². The number of pyridine rings is 1. The normalized spacial score (nSPS) is 23.8. The van der Waals surface area contributed by atoms with Crippen molar-refractivity contribution in [2.45, 2.75) is 24.4 Å². The number of amides is 1. The van der Waals surface area contributed by atoms with E-state index in [1.54, 1.807) is 55.8 Å². The van der Waals surface area contributed by atoms with Gasteiger partial charge < -0.3 is 15.0 Å². The van der Waals surface area contributed by atoms with Crippen molar-refractivity contribution in [3.8, 4) is 5.75 Å². The van der Waals surface area contributed by atoms with Crippen LogP contribution in [0.4, 0.5) is 11.4 Å². The third-order valence-electron chi connectivity index (χ3n) is 8.71. The molecule has 7 heteroatoms. The molecule has 4 atom stereocenters. The van der Waals surface area contributed by atoms with Gasteiger partial charge in [-0.25, -0.2) is 0 Å². The summed E-state index contributed by atoms with van der Waals surface area (Å²) in [6.45, 7) is 2.01. The van der Waals surface area contributed by atoms with Crippen LogP contribution in [0, 0.1) is 5.92 Å². The van der Waals surface area contributed by atoms with Gasteiger partial charge >= 0.3 is 0 Å². The summed E-state index contributed by atoms with van der Waals surface area (Å²) in [6, 6.07) is 25.8. The Labute approximate surface area is 237 Å². The molecule has 1 fully saturated rings. The van der Waals surface area contributed by atoms with Crippen LogP contribution in [0.3, 0.4) is 0 Å². The molecule has 1 aromatic heterocycles. The van der Waals surface area contributed by atoms with Crippen LogP contribution in [-0.2, 0) is 10.2 Å². The third kappa shape index (κ3) is 3.45. The molecule has 3 aromatic carbocycles. The zero-order valence-electron chi connectivity index (χ0n) is 22.6. The fourth-order valence-electron chi connectivity index (χ4n) is 7.00. The van der Waals surface area contributed by atoms with Crippen LogP contribution in [0.5, 0.6) is 5.75 Å². The first-order chi connectivity index (χ1) is 20.0. The second-order valence-electron chi connectivity index (χ2n) is 10.7. The first-order valence-electron chi connectivity index (χ1n) is 13.6. The lowest BCUT2D eigenvalue weighted by Crippen LogP contribution is -2.51. The Kier molecular flexibility index (Phi) is 5.64. The molecular formula is C34H27N3O4. The lowest BCUT2D eigenvalue weighted by molar-refractivity contribution is -0.121. The van der Waals surface area contributed by atoms with Gasteiger partial charge in [-0.3, -0.25) is 19.4 Å². The number of ether oxygens (including phenoxy) is 1. The standard InChI is InChI=1S/C34H27N3O4/c1-20-18-28-34(24-13-4-5-14-25(24)36-33(34)40)29(32(39)26-15-7-8-17-35-26)30(37(28)27-16-6-3-12-23(20)27)31(38)21-10-9-11-22(19-21)41-2/h3-19,28-30H,1-2H3,(H,36,40)/t28-,29+,30-,34-/m0/s1. The molecule has 4 heterocycles. The molecule has 1 spiro atoms. The SMILES string of the molecule is COc1cccc(C(=O)[C@@H]2[C@H](C(=O)c3ccccn3)[C@@]3(C(=O)Nc4ccccc43)[C@@H]3C=C(C)c4ccccc4N23)c1. The number of fused-ring (bicyclic) bond motifs is 6. The van der Waals surface area contributed by atoms with E-state index in [-0.39, 0.29) is 23.2 Å². The monoisotopic (exact) mass is 541 g/mol. The molecule has 4 aromatic rings. The number of rotatable bonds is 5. The summed E-state index contributed by atoms with van der Waals surface area (Å²) < 4.78 is 5.43. The maximum atomic E-state index is 14.7. The summed E-state index contributed by atoms with van der Waals surface area (Å²) in [5.41, 5.74) is 3.35. The van der Waals surface area contributed by atoms with Crippen molar-refractivity contribution in [3.05, 3.63) is 126 Å². The topological polar surface area (TPSA) is 88.6 Å². The van der Waals surface area contributed by atoms with Gasteiger partial charge in [0.1, 0.15) is 22.9 Å². The summed E-state index contributed by atoms with van der Waals surface area (Å²) in [6.07, 6.45) is 3.60. The van der Waals surface area contributed by atoms with Crippen LogP contribution in [-0.4, -0.2) is 41.7 Å². The zero-order valence-corrected chi connectivity index (χ0v) is 22.6. The predicted molar refractivity (Wildman–Crippen MR) is 156 cm³/mol. The number of hydrogen-bond acceptors (Lipinski definition) is 6. The fraction of sp³-hybridized carbons (Fsp3) is 0.176. The number of methoxy groups -OCH3 is 1. The summed E-state index contributed by atoms with van der Waals surface area (Å²) in [5.74, 6) is -1.45. The number of nitrogens with zero attached hydrogens (tertiary/aromatic N) is 2. The van der Waals surface area contributed by atoms with E-state index in [0.29, 0.717) is 22.6 Å². The molecule has 1 amide bonds. The van der Waals surface area contributed by atoms with Gasteiger partial charge in [0.05, 0.1) is 19.1 Å². The Morgan fingerprint density at radius 1 is 0.927 bits per heavy atom. The Balaban J connectivity index is 1.55. The molecule has 0 unspecified atom stereocenters. The van der Waals surface area contributed by atoms with Crippen LogP contribution in [0.15, 0.2) is 103 Å². The highest BCUT2D eigenvalue weighted by Gasteiger charge is 2.70. The summed E-state index contributed by atoms with van der Waals surface area (Å²) in [5, 5.41) is 3.06. The molecule has 202 valence electrons. The molecule has 1 N–H and O–H groups in total. The van der Waals surface area contributed by atoms with Crippen molar-refractivity contribution in [2.75, 3.05) is 17.3 Å². The van der Waals surface area contributed by atoms with Gasteiger partial charge in [-0.1, -0.05) is 60.7 Å². The van der Waals surface area contributed by atoms with E-state index in [1.165, 1.54) is 0 Å². The molecule has 7 nitrogen and oxygen atoms in total. The molecule has 41 heavy (non-hydrogen) atoms. The Bertz CT molecular complexity index is 1760. The van der Waals surface area contributed by atoms with Crippen LogP contribution < -0.4 is 15.0 Å². The van der Waals surface area contributed by atoms with Crippen LogP contribution in [0.25, 0.3) is 5.57 Å². The van der Waals surface area contributed by atoms with Gasteiger partial charge in [-0.05, 0) is 54.5 Å². The number of ketones is 2. The minimum Gasteiger partial charge on any atom is -0.497 e. The minimum atomic E-state index is -1.38. The highest BCUT2D eigenvalue weighted by molar-refractivity contribution is 6.18. The minimum absolute atomic E-state index is 0.214. The quantitative estimate of drug-likeness (QED) is 0.344. The number of nitrogens with one attached hydrogen (secondary N) is 1. The Morgan fingerprint density at radius 3 is 2.51 bits per heavy atom. The first kappa shape index (κ1) is 25.0. The number of para-hydroxylation sites is 2. The van der Waals surface area contributed by atoms with Gasteiger partial charge in [0.25, 0.3) is 0 Å². The van der Waals surface area contributed by atoms with E-state index in [2.05, 4.69) is 10.3 Å². The van der Waals surface area contributed by atoms with E-state index in [1.807, 2.05) is 66.4 Å². The molecule has 0 radical (unpaired) electrons. The fourth-order valence-corrected chi connectivity index (χ4v) is 7.00. The smallest absolute Gasteiger partial charge is 0.238 e. The van der Waals surface area contributed by atoms with E-state index in [0.717, 1.165) is 16.8 Å². The lowest BCUT2D eigenvalue weighted by Gasteiger charge is -2.39. The molecule has 3 aliphatic heterocycles. The van der Waals surface area contributed by atoms with Crippen molar-refractivity contribution < 1.29 is 19.1 Å². The van der Waals surface area contributed by atoms with E-state index >= 15 is 0 Å². The number of carbonyl (C=O) groups is 3. The number of hydrogen-bond donors (Lipinski definition) is 1. The predicted octanol–water partition coefficient (Wildman–Crippen LogP) is 5.34. The summed E-state index contributed by atoms with van der Waals surface area (Å²) >= 11 is 0. The number of Topliss-reactive ketones (excluding diaryl/α,β-unsaturated/α-hetero) is 2. The summed E-state index contributed by atoms with van der Waals surface area (Å²) in [7, 11) is 1.55. The van der Waals surface area contributed by atoms with Gasteiger partial charge in [0, 0.05) is 28.7 Å². The van der Waals surface area contributed by atoms with E-state index < -0.39 is 23.4 Å². The van der Waals surface area contributed by atoms with Gasteiger partial charge in [0.2, 0.25) is 5.91 Å². The second-order valence-corrected chi connectivity index (χ2v) is 10.7. The number of carbonyl (C=O) groups excluding carboxylic acids is 3. The number of benzene rings is 3. The number of anilines is 2. The summed E-state index contributed by atoms with van der Waals surface area (Å²) in [4.78, 5) is 50.2. The Morgan fingerprint density at radius 2 is 1.71 bits per heavy atom. The van der Waals surface area contributed by atoms with Gasteiger partial charge in [-0.2, -0.15) is 0 Å².